The number of nitrogens with two attached hydrogens (primary N) is 1. The van der Waals surface area contributed by atoms with Gasteiger partial charge in [-0.15, -0.1) is 0 Å². The monoisotopic (exact) mass is 424 g/mol. The van der Waals surface area contributed by atoms with Gasteiger partial charge in [-0.3, -0.25) is 0 Å². The third kappa shape index (κ3) is 4.79. The maximum atomic E-state index is 12.8. The van der Waals surface area contributed by atoms with Crippen molar-refractivity contribution >= 4 is 28.1 Å². The van der Waals surface area contributed by atoms with Crippen molar-refractivity contribution in [3.63, 3.8) is 0 Å². The summed E-state index contributed by atoms with van der Waals surface area (Å²) in [6, 6.07) is 15.3. The van der Waals surface area contributed by atoms with Crippen LogP contribution in [0.3, 0.4) is 0 Å². The Morgan fingerprint density at radius 2 is 1.46 bits per heavy atom. The molecule has 0 atom stereocenters. The van der Waals surface area contributed by atoms with Crippen LogP contribution >= 0.6 is 16.7 Å². The Kier molecular flexibility index (Phi) is 5.83. The fourth-order valence-corrected chi connectivity index (χ4v) is 5.48. The van der Waals surface area contributed by atoms with Crippen LogP contribution in [0, 0.1) is 5.41 Å². The molecule has 0 aliphatic carbocycles. The maximum absolute atomic E-state index is 12.8. The molecule has 2 fully saturated rings. The summed E-state index contributed by atoms with van der Waals surface area (Å²) in [5.74, 6) is 0. The van der Waals surface area contributed by atoms with Gasteiger partial charge in [0, 0.05) is 5.69 Å². The Morgan fingerprint density at radius 1 is 0.929 bits per heavy atom. The zero-order valence-corrected chi connectivity index (χ0v) is 17.0. The first-order valence-corrected chi connectivity index (χ1v) is 11.6. The highest BCUT2D eigenvalue weighted by atomic mass is 31.2. The van der Waals surface area contributed by atoms with E-state index in [-0.39, 0.29) is 26.4 Å². The van der Waals surface area contributed by atoms with Crippen LogP contribution in [-0.2, 0) is 24.5 Å². The van der Waals surface area contributed by atoms with Gasteiger partial charge in [-0.05, 0) is 41.8 Å². The first-order valence-electron chi connectivity index (χ1n) is 8.84. The molecule has 2 aliphatic rings. The summed E-state index contributed by atoms with van der Waals surface area (Å²) >= 11 is 0. The molecule has 2 aromatic rings. The average Bonchev–Trinajstić information content (AvgIpc) is 2.70. The molecule has 28 heavy (non-hydrogen) atoms. The quantitative estimate of drug-likeness (QED) is 0.562. The fraction of sp³-hybridized carbons (Fsp3) is 0.333. The third-order valence-corrected chi connectivity index (χ3v) is 6.91. The summed E-state index contributed by atoms with van der Waals surface area (Å²) in [6.07, 6.45) is 0.775. The number of anilines is 2. The molecular formula is C18H22N2O6P2. The maximum Gasteiger partial charge on any atom is 0.335 e. The number of nitrogens with one attached hydrogen (secondary N) is 1. The molecule has 4 rings (SSSR count). The van der Waals surface area contributed by atoms with Gasteiger partial charge in [-0.2, -0.15) is 9.05 Å². The van der Waals surface area contributed by atoms with Crippen LogP contribution < -0.4 is 20.6 Å². The molecule has 0 unspecified atom stereocenters. The highest BCUT2D eigenvalue weighted by Gasteiger charge is 2.50. The highest BCUT2D eigenvalue weighted by molar-refractivity contribution is 7.60. The second-order valence-corrected chi connectivity index (χ2v) is 9.91. The number of hydrogen-bond donors (Lipinski definition) is 2. The van der Waals surface area contributed by atoms with Gasteiger partial charge in [0.05, 0.1) is 11.1 Å². The fourth-order valence-electron chi connectivity index (χ4n) is 2.99. The van der Waals surface area contributed by atoms with Gasteiger partial charge in [-0.1, -0.05) is 24.3 Å². The molecule has 8 nitrogen and oxygen atoms in total. The second kappa shape index (κ2) is 8.19. The molecule has 0 saturated carbocycles. The van der Waals surface area contributed by atoms with Gasteiger partial charge in [0.15, 0.2) is 0 Å². The van der Waals surface area contributed by atoms with E-state index < -0.39 is 22.1 Å². The summed E-state index contributed by atoms with van der Waals surface area (Å²) in [6.45, 7) is 0.679. The van der Waals surface area contributed by atoms with E-state index in [2.05, 4.69) is 5.09 Å². The van der Waals surface area contributed by atoms with Crippen LogP contribution in [0.5, 0.6) is 0 Å². The van der Waals surface area contributed by atoms with Crippen molar-refractivity contribution in [3.05, 3.63) is 59.7 Å². The lowest BCUT2D eigenvalue weighted by molar-refractivity contribution is -0.248. The van der Waals surface area contributed by atoms with E-state index in [0.29, 0.717) is 5.69 Å². The third-order valence-electron chi connectivity index (χ3n) is 4.68. The summed E-state index contributed by atoms with van der Waals surface area (Å²) in [7, 11) is -5.90. The minimum atomic E-state index is -3.48. The van der Waals surface area contributed by atoms with E-state index in [4.69, 9.17) is 23.8 Å². The smallest absolute Gasteiger partial charge is 0.335 e. The molecule has 3 N–H and O–H groups in total. The molecule has 2 heterocycles. The number of benzene rings is 2. The molecule has 2 aromatic carbocycles. The van der Waals surface area contributed by atoms with Gasteiger partial charge >= 0.3 is 8.09 Å². The zero-order chi connectivity index (χ0) is 19.6. The molecule has 0 amide bonds. The first kappa shape index (κ1) is 20.0. The summed E-state index contributed by atoms with van der Waals surface area (Å²) in [5, 5.41) is 2.84. The summed E-state index contributed by atoms with van der Waals surface area (Å²) in [5.41, 5.74) is 8.79. The van der Waals surface area contributed by atoms with Crippen molar-refractivity contribution < 1.29 is 27.9 Å². The Labute approximate surface area is 165 Å². The highest BCUT2D eigenvalue weighted by Crippen LogP contribution is 2.58. The Balaban J connectivity index is 1.33. The van der Waals surface area contributed by atoms with Crippen LogP contribution in [0.1, 0.15) is 11.1 Å². The molecule has 10 heteroatoms. The molecule has 0 aromatic heterocycles. The molecule has 2 saturated heterocycles. The van der Waals surface area contributed by atoms with Crippen molar-refractivity contribution in [1.82, 2.24) is 0 Å². The standard InChI is InChI=1S/C18H22N2O6P2/c19-16-5-1-14(2-6-16)9-15-3-7-17(8-4-15)20-28(22)25-12-18(13-26-28)10-23-27(21)24-11-18/h1-8,27H,9-13,19H2,(H,20,22). The van der Waals surface area contributed by atoms with Gasteiger partial charge in [0.1, 0.15) is 26.4 Å². The van der Waals surface area contributed by atoms with E-state index in [1.54, 1.807) is 0 Å². The van der Waals surface area contributed by atoms with Crippen LogP contribution in [0.4, 0.5) is 11.4 Å². The second-order valence-electron chi connectivity index (χ2n) is 7.10. The Hall–Kier alpha value is -1.34. The van der Waals surface area contributed by atoms with E-state index in [1.165, 1.54) is 0 Å². The Bertz CT molecular complexity index is 787. The largest absolute Gasteiger partial charge is 0.633 e. The van der Waals surface area contributed by atoms with Crippen LogP contribution in [0.15, 0.2) is 48.5 Å². The van der Waals surface area contributed by atoms with Crippen molar-refractivity contribution in [2.75, 3.05) is 37.2 Å². The average molecular weight is 424 g/mol. The zero-order valence-electron chi connectivity index (χ0n) is 15.1. The van der Waals surface area contributed by atoms with Gasteiger partial charge in [-0.25, -0.2) is 14.1 Å². The van der Waals surface area contributed by atoms with Crippen molar-refractivity contribution in [2.24, 2.45) is 5.41 Å². The lowest BCUT2D eigenvalue weighted by Crippen LogP contribution is -2.48. The lowest BCUT2D eigenvalue weighted by Gasteiger charge is -2.41. The predicted octanol–water partition coefficient (Wildman–Crippen LogP) is 1.71. The molecule has 150 valence electrons. The SMILES string of the molecule is Nc1ccc(Cc2ccc(N[P+]3([O-])OCC4(CO[PH+]([O-])OC4)CO3)cc2)cc1. The van der Waals surface area contributed by atoms with Crippen LogP contribution in [-0.4, -0.2) is 26.4 Å². The minimum Gasteiger partial charge on any atom is -0.633 e. The minimum absolute atomic E-state index is 0.141. The Morgan fingerprint density at radius 3 is 2.04 bits per heavy atom. The first-order chi connectivity index (χ1) is 13.4. The van der Waals surface area contributed by atoms with E-state index in [0.717, 1.165) is 23.2 Å². The van der Waals surface area contributed by atoms with E-state index >= 15 is 0 Å². The van der Waals surface area contributed by atoms with E-state index in [1.807, 2.05) is 48.5 Å². The number of rotatable bonds is 4. The molecule has 2 aliphatic heterocycles. The normalized spacial score (nSPS) is 30.3. The number of hydrogen-bond acceptors (Lipinski definition) is 8. The topological polar surface area (TPSA) is 121 Å². The van der Waals surface area contributed by atoms with Gasteiger partial charge in [0.2, 0.25) is 8.60 Å². The molecule has 0 radical (unpaired) electrons. The molecular weight excluding hydrogens is 402 g/mol. The van der Waals surface area contributed by atoms with Crippen molar-refractivity contribution in [1.29, 1.82) is 0 Å². The van der Waals surface area contributed by atoms with Crippen LogP contribution in [0.25, 0.3) is 0 Å². The predicted molar refractivity (Wildman–Crippen MR) is 105 cm³/mol. The number of nitrogen functional groups attached to an aromatic ring is 1. The van der Waals surface area contributed by atoms with Crippen molar-refractivity contribution in [3.8, 4) is 0 Å². The molecule has 0 bridgehead atoms. The van der Waals surface area contributed by atoms with Gasteiger partial charge < -0.3 is 15.5 Å². The van der Waals surface area contributed by atoms with Gasteiger partial charge in [0.25, 0.3) is 0 Å². The van der Waals surface area contributed by atoms with E-state index in [9.17, 15) is 9.79 Å². The summed E-state index contributed by atoms with van der Waals surface area (Å²) < 4.78 is 21.1. The summed E-state index contributed by atoms with van der Waals surface area (Å²) in [4.78, 5) is 24.0. The van der Waals surface area contributed by atoms with Crippen molar-refractivity contribution in [2.45, 2.75) is 6.42 Å². The lowest BCUT2D eigenvalue weighted by atomic mass is 9.93. The van der Waals surface area contributed by atoms with Crippen LogP contribution in [0.2, 0.25) is 0 Å². The molecule has 1 spiro atoms.